The average molecular weight is 526 g/mol. The van der Waals surface area contributed by atoms with Crippen LogP contribution < -0.4 is 10.6 Å². The first-order valence-electron chi connectivity index (χ1n) is 13.2. The molecule has 11 nitrogen and oxygen atoms in total. The Balaban J connectivity index is 1.14. The van der Waals surface area contributed by atoms with E-state index in [9.17, 15) is 4.79 Å². The molecular formula is C28H31N9O2. The normalized spacial score (nSPS) is 17.1. The molecule has 2 fully saturated rings. The van der Waals surface area contributed by atoms with Crippen LogP contribution in [0.5, 0.6) is 0 Å². The minimum atomic E-state index is -0.750. The lowest BCUT2D eigenvalue weighted by atomic mass is 9.72. The number of nitrogens with two attached hydrogens (primary N) is 1. The summed E-state index contributed by atoms with van der Waals surface area (Å²) in [7, 11) is 0. The first kappa shape index (κ1) is 24.9. The predicted octanol–water partition coefficient (Wildman–Crippen LogP) is 2.90. The third-order valence-electron chi connectivity index (χ3n) is 7.91. The van der Waals surface area contributed by atoms with Crippen molar-refractivity contribution in [2.75, 3.05) is 43.4 Å². The first-order chi connectivity index (χ1) is 19.0. The maximum Gasteiger partial charge on any atom is 0.304 e. The van der Waals surface area contributed by atoms with Crippen LogP contribution in [0, 0.1) is 0 Å². The molecular weight excluding hydrogens is 494 g/mol. The number of aromatic nitrogens is 6. The van der Waals surface area contributed by atoms with Crippen molar-refractivity contribution in [1.82, 2.24) is 34.4 Å². The zero-order valence-electron chi connectivity index (χ0n) is 21.6. The maximum absolute atomic E-state index is 10.8. The Bertz CT molecular complexity index is 1420. The summed E-state index contributed by atoms with van der Waals surface area (Å²) in [5.41, 5.74) is 10.1. The minimum absolute atomic E-state index is 0.151. The van der Waals surface area contributed by atoms with E-state index in [2.05, 4.69) is 42.7 Å². The third-order valence-corrected chi connectivity index (χ3v) is 7.91. The van der Waals surface area contributed by atoms with Crippen LogP contribution in [0.2, 0.25) is 0 Å². The molecule has 11 heteroatoms. The molecule has 2 aliphatic rings. The van der Waals surface area contributed by atoms with Gasteiger partial charge in [-0.15, -0.1) is 0 Å². The summed E-state index contributed by atoms with van der Waals surface area (Å²) in [6.45, 7) is 3.94. The molecule has 0 bridgehead atoms. The van der Waals surface area contributed by atoms with Crippen LogP contribution >= 0.6 is 0 Å². The summed E-state index contributed by atoms with van der Waals surface area (Å²) in [4.78, 5) is 37.5. The Morgan fingerprint density at radius 2 is 1.64 bits per heavy atom. The van der Waals surface area contributed by atoms with Gasteiger partial charge in [0.1, 0.15) is 5.82 Å². The first-order valence-corrected chi connectivity index (χ1v) is 13.2. The number of nitrogen functional groups attached to an aromatic ring is 1. The van der Waals surface area contributed by atoms with Crippen LogP contribution in [0.25, 0.3) is 22.5 Å². The summed E-state index contributed by atoms with van der Waals surface area (Å²) in [5.74, 6) is 0.432. The molecule has 0 aromatic carbocycles. The number of rotatable bonds is 8. The molecule has 6 rings (SSSR count). The maximum atomic E-state index is 10.8. The Labute approximate surface area is 226 Å². The zero-order valence-corrected chi connectivity index (χ0v) is 21.6. The Hall–Kier alpha value is -4.38. The molecule has 1 saturated heterocycles. The molecule has 1 aliphatic carbocycles. The van der Waals surface area contributed by atoms with Crippen LogP contribution in [-0.4, -0.2) is 78.2 Å². The quantitative estimate of drug-likeness (QED) is 0.353. The molecule has 1 aliphatic heterocycles. The number of nitrogens with zero attached hydrogens (tertiary/aromatic N) is 8. The van der Waals surface area contributed by atoms with Gasteiger partial charge in [-0.2, -0.15) is 0 Å². The molecule has 5 heterocycles. The molecule has 4 aromatic rings. The summed E-state index contributed by atoms with van der Waals surface area (Å²) >= 11 is 0. The van der Waals surface area contributed by atoms with E-state index >= 15 is 0 Å². The standard InChI is InChI=1S/C28H31N9O2/c29-27-32-15-21(16-33-27)23-4-3-22(17-30-23)28(7-1-8-28)37-18-24(34-19-37)20-2-5-25(31-14-20)36-12-10-35(11-13-36)9-6-26(38)39/h2-5,14-19H,1,6-13H2,(H,38,39)(H2,29,32,33). The number of anilines is 2. The smallest absolute Gasteiger partial charge is 0.304 e. The van der Waals surface area contributed by atoms with Crippen LogP contribution in [0.1, 0.15) is 31.2 Å². The summed E-state index contributed by atoms with van der Waals surface area (Å²) in [6.07, 6.45) is 14.6. The van der Waals surface area contributed by atoms with Gasteiger partial charge in [0.05, 0.1) is 29.7 Å². The lowest BCUT2D eigenvalue weighted by Crippen LogP contribution is -2.47. The highest BCUT2D eigenvalue weighted by Crippen LogP contribution is 2.45. The van der Waals surface area contributed by atoms with E-state index in [-0.39, 0.29) is 17.9 Å². The van der Waals surface area contributed by atoms with E-state index in [1.165, 1.54) is 0 Å². The fourth-order valence-corrected chi connectivity index (χ4v) is 5.40. The Morgan fingerprint density at radius 1 is 0.872 bits per heavy atom. The Morgan fingerprint density at radius 3 is 2.26 bits per heavy atom. The fraction of sp³-hybridized carbons (Fsp3) is 0.357. The van der Waals surface area contributed by atoms with Crippen molar-refractivity contribution < 1.29 is 9.90 Å². The van der Waals surface area contributed by atoms with E-state index in [0.29, 0.717) is 6.54 Å². The molecule has 0 atom stereocenters. The van der Waals surface area contributed by atoms with E-state index < -0.39 is 5.97 Å². The van der Waals surface area contributed by atoms with Crippen molar-refractivity contribution in [3.8, 4) is 22.5 Å². The number of hydrogen-bond acceptors (Lipinski definition) is 9. The molecule has 0 unspecified atom stereocenters. The number of carbonyl (C=O) groups is 1. The van der Waals surface area contributed by atoms with Crippen LogP contribution in [0.4, 0.5) is 11.8 Å². The van der Waals surface area contributed by atoms with Gasteiger partial charge in [0.2, 0.25) is 5.95 Å². The van der Waals surface area contributed by atoms with Gasteiger partial charge in [0, 0.05) is 74.8 Å². The van der Waals surface area contributed by atoms with Crippen molar-refractivity contribution in [3.05, 3.63) is 67.1 Å². The van der Waals surface area contributed by atoms with E-state index in [1.807, 2.05) is 30.9 Å². The van der Waals surface area contributed by atoms with Crippen LogP contribution in [0.3, 0.4) is 0 Å². The number of carboxylic acids is 1. The zero-order chi connectivity index (χ0) is 26.8. The predicted molar refractivity (Wildman–Crippen MR) is 147 cm³/mol. The summed E-state index contributed by atoms with van der Waals surface area (Å²) < 4.78 is 2.22. The van der Waals surface area contributed by atoms with Gasteiger partial charge in [-0.25, -0.2) is 19.9 Å². The number of pyridine rings is 2. The molecule has 3 N–H and O–H groups in total. The molecule has 0 radical (unpaired) electrons. The monoisotopic (exact) mass is 525 g/mol. The van der Waals surface area contributed by atoms with Gasteiger partial charge in [-0.05, 0) is 43.0 Å². The van der Waals surface area contributed by atoms with Gasteiger partial charge in [-0.3, -0.25) is 14.7 Å². The lowest BCUT2D eigenvalue weighted by molar-refractivity contribution is -0.137. The van der Waals surface area contributed by atoms with Gasteiger partial charge < -0.3 is 20.3 Å². The molecule has 1 saturated carbocycles. The largest absolute Gasteiger partial charge is 0.481 e. The number of hydrogen-bond donors (Lipinski definition) is 2. The van der Waals surface area contributed by atoms with Gasteiger partial charge >= 0.3 is 5.97 Å². The number of imidazole rings is 1. The second-order valence-electron chi connectivity index (χ2n) is 10.2. The van der Waals surface area contributed by atoms with Crippen molar-refractivity contribution in [2.24, 2.45) is 0 Å². The van der Waals surface area contributed by atoms with E-state index in [1.54, 1.807) is 12.4 Å². The van der Waals surface area contributed by atoms with Gasteiger partial charge in [0.25, 0.3) is 0 Å². The fourth-order valence-electron chi connectivity index (χ4n) is 5.40. The molecule has 39 heavy (non-hydrogen) atoms. The number of aliphatic carboxylic acids is 1. The second kappa shape index (κ2) is 10.4. The molecule has 0 spiro atoms. The average Bonchev–Trinajstić information content (AvgIpc) is 3.43. The van der Waals surface area contributed by atoms with Crippen LogP contribution in [0.15, 0.2) is 61.6 Å². The van der Waals surface area contributed by atoms with Crippen molar-refractivity contribution in [1.29, 1.82) is 0 Å². The highest BCUT2D eigenvalue weighted by Gasteiger charge is 2.41. The highest BCUT2D eigenvalue weighted by atomic mass is 16.4. The molecule has 0 amide bonds. The Kier molecular flexibility index (Phi) is 6.65. The molecule has 4 aromatic heterocycles. The third kappa shape index (κ3) is 5.05. The highest BCUT2D eigenvalue weighted by molar-refractivity contribution is 5.67. The number of carboxylic acid groups (broad SMARTS) is 1. The van der Waals surface area contributed by atoms with Crippen molar-refractivity contribution >= 4 is 17.7 Å². The van der Waals surface area contributed by atoms with Gasteiger partial charge in [0.15, 0.2) is 0 Å². The van der Waals surface area contributed by atoms with Crippen molar-refractivity contribution in [3.63, 3.8) is 0 Å². The minimum Gasteiger partial charge on any atom is -0.481 e. The van der Waals surface area contributed by atoms with Crippen molar-refractivity contribution in [2.45, 2.75) is 31.2 Å². The summed E-state index contributed by atoms with van der Waals surface area (Å²) in [5, 5.41) is 8.91. The SMILES string of the molecule is Nc1ncc(-c2ccc(C3(n4cnc(-c5ccc(N6CCN(CCC(=O)O)CC6)nc5)c4)CCC3)cn2)cn1. The topological polar surface area (TPSA) is 139 Å². The van der Waals surface area contributed by atoms with E-state index in [4.69, 9.17) is 25.8 Å². The van der Waals surface area contributed by atoms with Gasteiger partial charge in [-0.1, -0.05) is 6.07 Å². The number of piperazine rings is 1. The van der Waals surface area contributed by atoms with Crippen LogP contribution in [-0.2, 0) is 10.3 Å². The van der Waals surface area contributed by atoms with E-state index in [0.717, 1.165) is 79.3 Å². The lowest BCUT2D eigenvalue weighted by Gasteiger charge is -2.43. The summed E-state index contributed by atoms with van der Waals surface area (Å²) in [6, 6.07) is 8.26. The molecule has 200 valence electrons. The second-order valence-corrected chi connectivity index (χ2v) is 10.2.